The molecule has 0 aromatic heterocycles. The van der Waals surface area contributed by atoms with E-state index in [9.17, 15) is 0 Å². The van der Waals surface area contributed by atoms with E-state index in [1.165, 1.54) is 0 Å². The summed E-state index contributed by atoms with van der Waals surface area (Å²) in [4.78, 5) is 0. The molecule has 102 valence electrons. The molecule has 0 bridgehead atoms. The van der Waals surface area contributed by atoms with Gasteiger partial charge in [0.15, 0.2) is 8.32 Å². The van der Waals surface area contributed by atoms with Crippen molar-refractivity contribution in [3.05, 3.63) is 18.6 Å². The molecular formula is C16H29OSi+. The molecule has 18 heavy (non-hydrogen) atoms. The van der Waals surface area contributed by atoms with Crippen LogP contribution in [0.3, 0.4) is 0 Å². The Balaban J connectivity index is 4.64. The Morgan fingerprint density at radius 1 is 1.33 bits per heavy atom. The van der Waals surface area contributed by atoms with Crippen LogP contribution in [0.2, 0.25) is 18.1 Å². The van der Waals surface area contributed by atoms with Crippen LogP contribution in [0.5, 0.6) is 0 Å². The lowest BCUT2D eigenvalue weighted by Crippen LogP contribution is -2.45. The number of hydrogen-bond donors (Lipinski definition) is 0. The van der Waals surface area contributed by atoms with Gasteiger partial charge in [-0.1, -0.05) is 26.7 Å². The zero-order chi connectivity index (χ0) is 14.2. The zero-order valence-electron chi connectivity index (χ0n) is 12.8. The monoisotopic (exact) mass is 265 g/mol. The van der Waals surface area contributed by atoms with Crippen LogP contribution < -0.4 is 0 Å². The summed E-state index contributed by atoms with van der Waals surface area (Å²) >= 11 is 0. The van der Waals surface area contributed by atoms with Crippen molar-refractivity contribution in [2.45, 2.75) is 71.2 Å². The Hall–Kier alpha value is -0.653. The second-order valence-electron chi connectivity index (χ2n) is 5.31. The molecule has 0 heterocycles. The van der Waals surface area contributed by atoms with Gasteiger partial charge in [-0.3, -0.25) is 0 Å². The third kappa shape index (κ3) is 5.33. The molecule has 0 amide bonds. The van der Waals surface area contributed by atoms with Crippen LogP contribution >= 0.6 is 0 Å². The molecule has 1 atom stereocenters. The first-order valence-corrected chi connectivity index (χ1v) is 9.56. The molecule has 0 aromatic rings. The van der Waals surface area contributed by atoms with Crippen molar-refractivity contribution in [3.63, 3.8) is 0 Å². The molecule has 0 spiro atoms. The topological polar surface area (TPSA) is 9.23 Å². The van der Waals surface area contributed by atoms with Crippen molar-refractivity contribution >= 4 is 8.32 Å². The van der Waals surface area contributed by atoms with E-state index in [4.69, 9.17) is 10.8 Å². The first kappa shape index (κ1) is 17.3. The van der Waals surface area contributed by atoms with Crippen LogP contribution in [-0.2, 0) is 4.43 Å². The highest BCUT2D eigenvalue weighted by molar-refractivity contribution is 6.73. The maximum atomic E-state index is 6.46. The van der Waals surface area contributed by atoms with E-state index in [1.54, 1.807) is 0 Å². The van der Waals surface area contributed by atoms with Gasteiger partial charge in [0.1, 0.15) is 5.60 Å². The van der Waals surface area contributed by atoms with Crippen LogP contribution in [-0.4, -0.2) is 13.9 Å². The molecule has 0 fully saturated rings. The Bertz CT molecular complexity index is 290. The van der Waals surface area contributed by atoms with Gasteiger partial charge < -0.3 is 4.43 Å². The number of allylic oxidation sites excluding steroid dienone is 1. The van der Waals surface area contributed by atoms with Crippen molar-refractivity contribution in [2.24, 2.45) is 0 Å². The van der Waals surface area contributed by atoms with Gasteiger partial charge in [-0.15, -0.1) is 6.42 Å². The van der Waals surface area contributed by atoms with Gasteiger partial charge >= 0.3 is 0 Å². The maximum absolute atomic E-state index is 6.46. The smallest absolute Gasteiger partial charge is 0.194 e. The van der Waals surface area contributed by atoms with Gasteiger partial charge in [0.2, 0.25) is 0 Å². The minimum absolute atomic E-state index is 0.416. The average molecular weight is 265 g/mol. The molecule has 2 heteroatoms. The summed E-state index contributed by atoms with van der Waals surface area (Å²) in [5.74, 6) is 2.87. The van der Waals surface area contributed by atoms with Crippen LogP contribution in [0.4, 0.5) is 0 Å². The SMILES string of the molecule is C#C[C@](C)(CC[CH+]C(=C)C)O[Si](CC)(CC)CC. The van der Waals surface area contributed by atoms with Crippen molar-refractivity contribution in [1.29, 1.82) is 0 Å². The predicted molar refractivity (Wildman–Crippen MR) is 83.9 cm³/mol. The average Bonchev–Trinajstić information content (AvgIpc) is 2.36. The summed E-state index contributed by atoms with van der Waals surface area (Å²) in [5, 5.41) is 0. The van der Waals surface area contributed by atoms with Crippen LogP contribution in [0, 0.1) is 18.8 Å². The summed E-state index contributed by atoms with van der Waals surface area (Å²) in [7, 11) is -1.63. The molecule has 0 saturated heterocycles. The largest absolute Gasteiger partial charge is 0.401 e. The standard InChI is InChI=1S/C16H29OSi/c1-8-16(7,14-12-13-15(5)6)17-18(9-2,10-3)11-4/h1,13H,5,9-12,14H2,2-4,6-7H3/q+1/t16-/m1/s1. The van der Waals surface area contributed by atoms with Gasteiger partial charge in [-0.05, 0) is 32.0 Å². The third-order valence-electron chi connectivity index (χ3n) is 3.79. The summed E-state index contributed by atoms with van der Waals surface area (Å²) < 4.78 is 6.46. The van der Waals surface area contributed by atoms with E-state index < -0.39 is 13.9 Å². The molecule has 0 aliphatic heterocycles. The quantitative estimate of drug-likeness (QED) is 0.325. The van der Waals surface area contributed by atoms with Crippen molar-refractivity contribution in [2.75, 3.05) is 0 Å². The highest BCUT2D eigenvalue weighted by Gasteiger charge is 2.37. The molecule has 0 aliphatic carbocycles. The first-order valence-electron chi connectivity index (χ1n) is 7.03. The van der Waals surface area contributed by atoms with Gasteiger partial charge in [0, 0.05) is 25.8 Å². The van der Waals surface area contributed by atoms with Gasteiger partial charge in [0.05, 0.1) is 5.57 Å². The van der Waals surface area contributed by atoms with Gasteiger partial charge in [-0.25, -0.2) is 0 Å². The Morgan fingerprint density at radius 3 is 2.17 bits per heavy atom. The minimum Gasteiger partial charge on any atom is -0.401 e. The highest BCUT2D eigenvalue weighted by atomic mass is 28.4. The maximum Gasteiger partial charge on any atom is 0.194 e. The highest BCUT2D eigenvalue weighted by Crippen LogP contribution is 2.30. The molecule has 1 nitrogen and oxygen atoms in total. The molecular weight excluding hydrogens is 236 g/mol. The normalized spacial score (nSPS) is 14.7. The van der Waals surface area contributed by atoms with Gasteiger partial charge in [0.25, 0.3) is 0 Å². The number of hydrogen-bond acceptors (Lipinski definition) is 1. The van der Waals surface area contributed by atoms with Crippen molar-refractivity contribution in [3.8, 4) is 12.3 Å². The van der Waals surface area contributed by atoms with E-state index in [0.29, 0.717) is 0 Å². The zero-order valence-corrected chi connectivity index (χ0v) is 13.8. The lowest BCUT2D eigenvalue weighted by molar-refractivity contribution is 0.126. The minimum atomic E-state index is -1.63. The molecule has 0 saturated carbocycles. The number of terminal acetylenes is 1. The van der Waals surface area contributed by atoms with E-state index in [0.717, 1.165) is 36.5 Å². The molecule has 0 aliphatic rings. The Labute approximate surface area is 115 Å². The van der Waals surface area contributed by atoms with E-state index in [2.05, 4.69) is 46.6 Å². The lowest BCUT2D eigenvalue weighted by Gasteiger charge is -2.37. The summed E-state index contributed by atoms with van der Waals surface area (Å²) in [6.07, 6.45) is 9.66. The summed E-state index contributed by atoms with van der Waals surface area (Å²) in [5.41, 5.74) is 0.680. The van der Waals surface area contributed by atoms with E-state index in [-0.39, 0.29) is 0 Å². The van der Waals surface area contributed by atoms with Crippen molar-refractivity contribution in [1.82, 2.24) is 0 Å². The van der Waals surface area contributed by atoms with Crippen LogP contribution in [0.15, 0.2) is 12.2 Å². The van der Waals surface area contributed by atoms with E-state index >= 15 is 0 Å². The summed E-state index contributed by atoms with van der Waals surface area (Å²) in [6.45, 7) is 14.6. The third-order valence-corrected chi connectivity index (χ3v) is 8.54. The molecule has 0 rings (SSSR count). The van der Waals surface area contributed by atoms with Crippen molar-refractivity contribution < 1.29 is 4.43 Å². The molecule has 0 unspecified atom stereocenters. The lowest BCUT2D eigenvalue weighted by atomic mass is 9.99. The molecule has 0 aromatic carbocycles. The first-order chi connectivity index (χ1) is 8.37. The summed E-state index contributed by atoms with van der Waals surface area (Å²) in [6, 6.07) is 3.42. The Morgan fingerprint density at radius 2 is 1.83 bits per heavy atom. The fourth-order valence-corrected chi connectivity index (χ4v) is 5.24. The second-order valence-corrected chi connectivity index (χ2v) is 10.0. The van der Waals surface area contributed by atoms with Gasteiger partial charge in [-0.2, -0.15) is 0 Å². The molecule has 0 radical (unpaired) electrons. The second kappa shape index (κ2) is 7.71. The fraction of sp³-hybridized carbons (Fsp3) is 0.688. The van der Waals surface area contributed by atoms with E-state index in [1.807, 2.05) is 6.92 Å². The fourth-order valence-electron chi connectivity index (χ4n) is 2.19. The molecule has 0 N–H and O–H groups in total. The Kier molecular flexibility index (Phi) is 7.43. The number of rotatable bonds is 9. The predicted octanol–water partition coefficient (Wildman–Crippen LogP) is 4.96. The van der Waals surface area contributed by atoms with Crippen LogP contribution in [0.25, 0.3) is 0 Å². The van der Waals surface area contributed by atoms with Crippen LogP contribution in [0.1, 0.15) is 47.5 Å².